The minimum Gasteiger partial charge on any atom is -0.379 e. The molecule has 110 valence electrons. The number of hydrogen-bond acceptors (Lipinski definition) is 3. The molecule has 0 saturated heterocycles. The van der Waals surface area contributed by atoms with E-state index in [0.717, 1.165) is 11.1 Å². The lowest BCUT2D eigenvalue weighted by atomic mass is 10.0. The largest absolute Gasteiger partial charge is 0.379 e. The van der Waals surface area contributed by atoms with Crippen molar-refractivity contribution in [1.29, 1.82) is 0 Å². The minimum atomic E-state index is -0.428. The number of aromatic nitrogens is 2. The van der Waals surface area contributed by atoms with Crippen LogP contribution in [-0.2, 0) is 0 Å². The Morgan fingerprint density at radius 1 is 0.864 bits per heavy atom. The summed E-state index contributed by atoms with van der Waals surface area (Å²) in [6.45, 7) is 0. The third-order valence-corrected chi connectivity index (χ3v) is 3.69. The molecule has 0 aliphatic rings. The van der Waals surface area contributed by atoms with Crippen molar-refractivity contribution in [3.8, 4) is 22.5 Å². The van der Waals surface area contributed by atoms with Crippen molar-refractivity contribution in [3.05, 3.63) is 68.9 Å². The Kier molecular flexibility index (Phi) is 3.88. The molecule has 0 radical (unpaired) electrons. The smallest absolute Gasteiger partial charge is 0.290 e. The van der Waals surface area contributed by atoms with Gasteiger partial charge >= 0.3 is 0 Å². The molecule has 0 fully saturated rings. The lowest BCUT2D eigenvalue weighted by Crippen LogP contribution is -2.16. The first-order chi connectivity index (χ1) is 10.5. The second kappa shape index (κ2) is 5.83. The molecule has 1 heterocycles. The average molecular weight is 332 g/mol. The van der Waals surface area contributed by atoms with Gasteiger partial charge in [0, 0.05) is 21.2 Å². The number of aromatic amines is 1. The highest BCUT2D eigenvalue weighted by atomic mass is 35.5. The quantitative estimate of drug-likeness (QED) is 0.745. The van der Waals surface area contributed by atoms with Gasteiger partial charge in [-0.1, -0.05) is 47.5 Å². The van der Waals surface area contributed by atoms with Crippen LogP contribution in [0.5, 0.6) is 0 Å². The number of nitrogen functional groups attached to an aromatic ring is 1. The van der Waals surface area contributed by atoms with Crippen molar-refractivity contribution in [3.63, 3.8) is 0 Å². The van der Waals surface area contributed by atoms with E-state index in [1.165, 1.54) is 0 Å². The fourth-order valence-corrected chi connectivity index (χ4v) is 2.36. The van der Waals surface area contributed by atoms with Crippen LogP contribution in [0.4, 0.5) is 5.82 Å². The number of benzene rings is 2. The number of halogens is 2. The summed E-state index contributed by atoms with van der Waals surface area (Å²) < 4.78 is 0. The van der Waals surface area contributed by atoms with Gasteiger partial charge in [0.05, 0.1) is 11.4 Å². The van der Waals surface area contributed by atoms with Gasteiger partial charge in [0.25, 0.3) is 5.56 Å². The van der Waals surface area contributed by atoms with Gasteiger partial charge in [-0.2, -0.15) is 0 Å². The van der Waals surface area contributed by atoms with Crippen LogP contribution in [-0.4, -0.2) is 9.97 Å². The third kappa shape index (κ3) is 2.84. The number of anilines is 1. The summed E-state index contributed by atoms with van der Waals surface area (Å²) in [5, 5.41) is 1.23. The molecule has 4 nitrogen and oxygen atoms in total. The molecular weight excluding hydrogens is 321 g/mol. The molecule has 2 aromatic carbocycles. The minimum absolute atomic E-state index is 0.0809. The van der Waals surface area contributed by atoms with Crippen molar-refractivity contribution in [1.82, 2.24) is 9.97 Å². The van der Waals surface area contributed by atoms with Crippen LogP contribution < -0.4 is 11.3 Å². The Morgan fingerprint density at radius 3 is 1.91 bits per heavy atom. The van der Waals surface area contributed by atoms with Crippen LogP contribution >= 0.6 is 23.2 Å². The molecule has 0 unspecified atom stereocenters. The summed E-state index contributed by atoms with van der Waals surface area (Å²) in [5.74, 6) is -0.0809. The summed E-state index contributed by atoms with van der Waals surface area (Å²) in [5.41, 5.74) is 7.98. The molecule has 0 aliphatic carbocycles. The highest BCUT2D eigenvalue weighted by Crippen LogP contribution is 2.29. The Balaban J connectivity index is 2.24. The number of H-pyrrole nitrogens is 1. The van der Waals surface area contributed by atoms with E-state index in [1.807, 2.05) is 24.3 Å². The summed E-state index contributed by atoms with van der Waals surface area (Å²) in [6.07, 6.45) is 0. The molecule has 1 aromatic heterocycles. The Hall–Kier alpha value is -2.30. The Morgan fingerprint density at radius 2 is 1.36 bits per heavy atom. The molecule has 0 spiro atoms. The van der Waals surface area contributed by atoms with Gasteiger partial charge in [-0.05, 0) is 24.3 Å². The van der Waals surface area contributed by atoms with Gasteiger partial charge in [-0.15, -0.1) is 0 Å². The average Bonchev–Trinajstić information content (AvgIpc) is 2.51. The Labute approximate surface area is 136 Å². The molecule has 3 N–H and O–H groups in total. The summed E-state index contributed by atoms with van der Waals surface area (Å²) in [7, 11) is 0. The van der Waals surface area contributed by atoms with Gasteiger partial charge in [-0.3, -0.25) is 4.79 Å². The van der Waals surface area contributed by atoms with E-state index in [9.17, 15) is 4.79 Å². The molecule has 0 atom stereocenters. The molecule has 6 heteroatoms. The maximum absolute atomic E-state index is 11.8. The van der Waals surface area contributed by atoms with Crippen LogP contribution in [0.15, 0.2) is 53.3 Å². The number of nitrogens with one attached hydrogen (secondary N) is 1. The fraction of sp³-hybridized carbons (Fsp3) is 0. The van der Waals surface area contributed by atoms with Crippen LogP contribution in [0.3, 0.4) is 0 Å². The summed E-state index contributed by atoms with van der Waals surface area (Å²) in [6, 6.07) is 14.3. The maximum Gasteiger partial charge on any atom is 0.290 e. The third-order valence-electron chi connectivity index (χ3n) is 3.19. The predicted molar refractivity (Wildman–Crippen MR) is 90.2 cm³/mol. The van der Waals surface area contributed by atoms with Crippen LogP contribution in [0.2, 0.25) is 10.0 Å². The zero-order valence-electron chi connectivity index (χ0n) is 11.3. The van der Waals surface area contributed by atoms with Gasteiger partial charge in [0.2, 0.25) is 0 Å². The van der Waals surface area contributed by atoms with E-state index in [2.05, 4.69) is 9.97 Å². The lowest BCUT2D eigenvalue weighted by molar-refractivity contribution is 1.16. The monoisotopic (exact) mass is 331 g/mol. The number of nitrogens with zero attached hydrogens (tertiary/aromatic N) is 1. The van der Waals surface area contributed by atoms with Crippen molar-refractivity contribution >= 4 is 29.0 Å². The SMILES string of the molecule is Nc1nc(-c2ccc(Cl)cc2)c(-c2ccc(Cl)cc2)[nH]c1=O. The topological polar surface area (TPSA) is 71.8 Å². The number of nitrogens with two attached hydrogens (primary N) is 1. The zero-order valence-corrected chi connectivity index (χ0v) is 12.8. The highest BCUT2D eigenvalue weighted by molar-refractivity contribution is 6.31. The molecule has 0 aliphatic heterocycles. The van der Waals surface area contributed by atoms with Crippen molar-refractivity contribution in [2.45, 2.75) is 0 Å². The van der Waals surface area contributed by atoms with Gasteiger partial charge < -0.3 is 10.7 Å². The molecule has 0 saturated carbocycles. The lowest BCUT2D eigenvalue weighted by Gasteiger charge is -2.10. The van der Waals surface area contributed by atoms with E-state index in [4.69, 9.17) is 28.9 Å². The van der Waals surface area contributed by atoms with Crippen molar-refractivity contribution in [2.75, 3.05) is 5.73 Å². The van der Waals surface area contributed by atoms with E-state index in [-0.39, 0.29) is 5.82 Å². The summed E-state index contributed by atoms with van der Waals surface area (Å²) in [4.78, 5) is 18.8. The van der Waals surface area contributed by atoms with Gasteiger partial charge in [0.1, 0.15) is 0 Å². The number of rotatable bonds is 2. The van der Waals surface area contributed by atoms with Gasteiger partial charge in [0.15, 0.2) is 5.82 Å². The van der Waals surface area contributed by atoms with E-state index < -0.39 is 5.56 Å². The van der Waals surface area contributed by atoms with E-state index >= 15 is 0 Å². The molecule has 3 aromatic rings. The van der Waals surface area contributed by atoms with Gasteiger partial charge in [-0.25, -0.2) is 4.98 Å². The van der Waals surface area contributed by atoms with Crippen molar-refractivity contribution in [2.24, 2.45) is 0 Å². The molecule has 3 rings (SSSR count). The standard InChI is InChI=1S/C16H11Cl2N3O/c17-11-5-1-9(2-6-11)13-14(21-16(22)15(19)20-13)10-3-7-12(18)8-4-10/h1-8H,(H2,19,20)(H,21,22). The molecule has 0 bridgehead atoms. The first-order valence-electron chi connectivity index (χ1n) is 6.46. The zero-order chi connectivity index (χ0) is 15.7. The summed E-state index contributed by atoms with van der Waals surface area (Å²) >= 11 is 11.8. The van der Waals surface area contributed by atoms with Crippen LogP contribution in [0, 0.1) is 0 Å². The molecular formula is C16H11Cl2N3O. The number of hydrogen-bond donors (Lipinski definition) is 2. The Bertz CT molecular complexity index is 871. The molecule has 0 amide bonds. The second-order valence-corrected chi connectivity index (χ2v) is 5.56. The fourth-order valence-electron chi connectivity index (χ4n) is 2.11. The maximum atomic E-state index is 11.8. The first kappa shape index (κ1) is 14.6. The predicted octanol–water partition coefficient (Wildman–Crippen LogP) is 3.99. The van der Waals surface area contributed by atoms with E-state index in [1.54, 1.807) is 24.3 Å². The van der Waals surface area contributed by atoms with E-state index in [0.29, 0.717) is 21.4 Å². The van der Waals surface area contributed by atoms with Crippen LogP contribution in [0.25, 0.3) is 22.5 Å². The first-order valence-corrected chi connectivity index (χ1v) is 7.22. The normalized spacial score (nSPS) is 10.6. The second-order valence-electron chi connectivity index (χ2n) is 4.69. The van der Waals surface area contributed by atoms with Crippen molar-refractivity contribution < 1.29 is 0 Å². The van der Waals surface area contributed by atoms with Crippen LogP contribution in [0.1, 0.15) is 0 Å². The molecule has 22 heavy (non-hydrogen) atoms. The highest BCUT2D eigenvalue weighted by Gasteiger charge is 2.13.